The first-order valence-electron chi connectivity index (χ1n) is 5.48. The summed E-state index contributed by atoms with van der Waals surface area (Å²) in [5.74, 6) is 0. The summed E-state index contributed by atoms with van der Waals surface area (Å²) in [6, 6.07) is 0. The third kappa shape index (κ3) is 3.23. The van der Waals surface area contributed by atoms with Gasteiger partial charge in [0, 0.05) is 16.1 Å². The quantitative estimate of drug-likeness (QED) is 0.677. The summed E-state index contributed by atoms with van der Waals surface area (Å²) in [5, 5.41) is 8.98. The molecule has 0 aromatic carbocycles. The Morgan fingerprint density at radius 2 is 2.33 bits per heavy atom. The van der Waals surface area contributed by atoms with Gasteiger partial charge in [0.1, 0.15) is 13.6 Å². The van der Waals surface area contributed by atoms with Crippen LogP contribution in [0, 0.1) is 4.91 Å². The van der Waals surface area contributed by atoms with E-state index in [1.54, 1.807) is 0 Å². The second-order valence-corrected chi connectivity index (χ2v) is 3.82. The highest BCUT2D eigenvalue weighted by Crippen LogP contribution is 2.09. The van der Waals surface area contributed by atoms with Crippen LogP contribution in [0.3, 0.4) is 0 Å². The smallest absolute Gasteiger partial charge is 0.222 e. The van der Waals surface area contributed by atoms with Crippen LogP contribution in [0.5, 0.6) is 0 Å². The molecule has 1 aliphatic rings. The van der Waals surface area contributed by atoms with Crippen LogP contribution >= 0.6 is 0 Å². The number of rotatable bonds is 5. The standard InChI is InChI=1S/C11H20N2O2/c1-3-13(15)9-10-5-4-7-12(2)11(10)6-8-14/h5,14H,3-4,6-9H2,1-2H3/q+2. The van der Waals surface area contributed by atoms with Crippen LogP contribution in [-0.2, 0) is 0 Å². The summed E-state index contributed by atoms with van der Waals surface area (Å²) < 4.78 is 3.18. The second-order valence-electron chi connectivity index (χ2n) is 3.82. The van der Waals surface area contributed by atoms with E-state index < -0.39 is 0 Å². The molecule has 4 heteroatoms. The second kappa shape index (κ2) is 5.75. The van der Waals surface area contributed by atoms with Crippen molar-refractivity contribution in [3.05, 3.63) is 16.6 Å². The minimum Gasteiger partial charge on any atom is -0.396 e. The van der Waals surface area contributed by atoms with Gasteiger partial charge in [0.25, 0.3) is 0 Å². The Hall–Kier alpha value is -1.03. The molecule has 1 N–H and O–H groups in total. The molecule has 0 saturated heterocycles. The minimum absolute atomic E-state index is 0.141. The van der Waals surface area contributed by atoms with Gasteiger partial charge in [-0.05, 0) is 6.92 Å². The monoisotopic (exact) mass is 212 g/mol. The average Bonchev–Trinajstić information content (AvgIpc) is 2.23. The Labute approximate surface area is 90.5 Å². The molecular weight excluding hydrogens is 192 g/mol. The van der Waals surface area contributed by atoms with Crippen molar-refractivity contribution in [3.8, 4) is 0 Å². The summed E-state index contributed by atoms with van der Waals surface area (Å²) in [6.45, 7) is 3.92. The van der Waals surface area contributed by atoms with Crippen LogP contribution in [0.15, 0.2) is 11.6 Å². The number of hydrogen-bond donors (Lipinski definition) is 1. The van der Waals surface area contributed by atoms with Gasteiger partial charge in [-0.2, -0.15) is 0 Å². The van der Waals surface area contributed by atoms with Gasteiger partial charge < -0.3 is 5.11 Å². The van der Waals surface area contributed by atoms with Crippen molar-refractivity contribution in [2.75, 3.05) is 33.3 Å². The molecule has 4 nitrogen and oxygen atoms in total. The van der Waals surface area contributed by atoms with Crippen molar-refractivity contribution < 1.29 is 14.4 Å². The number of aliphatic hydroxyl groups excluding tert-OH is 1. The van der Waals surface area contributed by atoms with E-state index in [4.69, 9.17) is 5.11 Å². The Balaban J connectivity index is 2.77. The van der Waals surface area contributed by atoms with E-state index >= 15 is 0 Å². The molecular formula is C11H20N2O2+2. The van der Waals surface area contributed by atoms with Crippen LogP contribution in [-0.4, -0.2) is 53.4 Å². The number of nitroso groups, excluding NO2 is 1. The Bertz CT molecular complexity index is 306. The van der Waals surface area contributed by atoms with E-state index in [-0.39, 0.29) is 6.61 Å². The van der Waals surface area contributed by atoms with Gasteiger partial charge in [-0.3, -0.25) is 0 Å². The van der Waals surface area contributed by atoms with Crippen LogP contribution in [0.4, 0.5) is 0 Å². The van der Waals surface area contributed by atoms with Gasteiger partial charge in [-0.15, -0.1) is 0 Å². The normalized spacial score (nSPS) is 16.6. The fourth-order valence-electron chi connectivity index (χ4n) is 1.85. The highest BCUT2D eigenvalue weighted by atomic mass is 16.3. The lowest BCUT2D eigenvalue weighted by atomic mass is 10.0. The molecule has 0 radical (unpaired) electrons. The predicted octanol–water partition coefficient (Wildman–Crippen LogP) is 0.581. The Morgan fingerprint density at radius 3 is 2.93 bits per heavy atom. The molecule has 15 heavy (non-hydrogen) atoms. The van der Waals surface area contributed by atoms with E-state index in [0.29, 0.717) is 19.5 Å². The van der Waals surface area contributed by atoms with Crippen molar-refractivity contribution in [2.45, 2.75) is 19.8 Å². The Kier molecular flexibility index (Phi) is 4.62. The first kappa shape index (κ1) is 12.0. The first-order chi connectivity index (χ1) is 7.19. The third-order valence-electron chi connectivity index (χ3n) is 2.73. The van der Waals surface area contributed by atoms with Gasteiger partial charge in [0.15, 0.2) is 12.3 Å². The summed E-state index contributed by atoms with van der Waals surface area (Å²) >= 11 is 0. The fourth-order valence-corrected chi connectivity index (χ4v) is 1.85. The van der Waals surface area contributed by atoms with Gasteiger partial charge in [0.2, 0.25) is 6.54 Å². The average molecular weight is 212 g/mol. The SMILES string of the molecule is CC[N+](=O)CC1=CCC[N+](C)=C1CCO. The molecule has 84 valence electrons. The van der Waals surface area contributed by atoms with Gasteiger partial charge in [-0.25, -0.2) is 4.58 Å². The fraction of sp³-hybridized carbons (Fsp3) is 0.727. The van der Waals surface area contributed by atoms with Gasteiger partial charge in [-0.1, -0.05) is 6.08 Å². The molecule has 0 spiro atoms. The maximum atomic E-state index is 11.3. The van der Waals surface area contributed by atoms with Gasteiger partial charge >= 0.3 is 0 Å². The van der Waals surface area contributed by atoms with Crippen LogP contribution < -0.4 is 0 Å². The summed E-state index contributed by atoms with van der Waals surface area (Å²) in [7, 11) is 2.01. The van der Waals surface area contributed by atoms with E-state index in [1.165, 1.54) is 0 Å². The predicted molar refractivity (Wildman–Crippen MR) is 59.5 cm³/mol. The number of hydrogen-bond acceptors (Lipinski definition) is 2. The minimum atomic E-state index is 0.141. The first-order valence-corrected chi connectivity index (χ1v) is 5.48. The van der Waals surface area contributed by atoms with Crippen LogP contribution in [0.1, 0.15) is 19.8 Å². The van der Waals surface area contributed by atoms with E-state index in [0.717, 1.165) is 29.0 Å². The molecule has 0 aliphatic carbocycles. The summed E-state index contributed by atoms with van der Waals surface area (Å²) in [6.07, 6.45) is 3.74. The molecule has 1 rings (SSSR count). The summed E-state index contributed by atoms with van der Waals surface area (Å²) in [4.78, 5) is 11.3. The number of aliphatic hydroxyl groups is 1. The molecule has 0 amide bonds. The highest BCUT2D eigenvalue weighted by Gasteiger charge is 2.24. The van der Waals surface area contributed by atoms with Crippen LogP contribution in [0.2, 0.25) is 0 Å². The lowest BCUT2D eigenvalue weighted by Crippen LogP contribution is -2.29. The Morgan fingerprint density at radius 1 is 1.60 bits per heavy atom. The van der Waals surface area contributed by atoms with Crippen molar-refractivity contribution >= 4 is 5.71 Å². The molecule has 1 aliphatic heterocycles. The molecule has 0 aromatic heterocycles. The zero-order valence-corrected chi connectivity index (χ0v) is 9.57. The number of nitrogens with zero attached hydrogens (tertiary/aromatic N) is 2. The zero-order valence-electron chi connectivity index (χ0n) is 9.57. The number of likely N-dealkylation sites (N-methyl/N-ethyl adjacent to an activating group) is 1. The third-order valence-corrected chi connectivity index (χ3v) is 2.73. The molecule has 0 aromatic rings. The highest BCUT2D eigenvalue weighted by molar-refractivity contribution is 5.96. The van der Waals surface area contributed by atoms with Crippen molar-refractivity contribution in [1.82, 2.24) is 0 Å². The van der Waals surface area contributed by atoms with E-state index in [9.17, 15) is 4.91 Å². The molecule has 0 unspecified atom stereocenters. The maximum Gasteiger partial charge on any atom is 0.222 e. The van der Waals surface area contributed by atoms with Gasteiger partial charge in [0.05, 0.1) is 18.6 Å². The largest absolute Gasteiger partial charge is 0.396 e. The molecule has 1 heterocycles. The van der Waals surface area contributed by atoms with Crippen molar-refractivity contribution in [2.24, 2.45) is 0 Å². The van der Waals surface area contributed by atoms with Crippen LogP contribution in [0.25, 0.3) is 0 Å². The van der Waals surface area contributed by atoms with Crippen molar-refractivity contribution in [3.63, 3.8) is 0 Å². The topological polar surface area (TPSA) is 43.3 Å². The molecule has 0 fully saturated rings. The van der Waals surface area contributed by atoms with E-state index in [2.05, 4.69) is 10.7 Å². The molecule has 0 bridgehead atoms. The lowest BCUT2D eigenvalue weighted by Gasteiger charge is -2.11. The van der Waals surface area contributed by atoms with E-state index in [1.807, 2.05) is 14.0 Å². The zero-order chi connectivity index (χ0) is 11.3. The summed E-state index contributed by atoms with van der Waals surface area (Å²) in [5.41, 5.74) is 2.19. The lowest BCUT2D eigenvalue weighted by molar-refractivity contribution is -0.539. The molecule has 0 saturated carbocycles. The molecule has 0 atom stereocenters. The van der Waals surface area contributed by atoms with Crippen molar-refractivity contribution in [1.29, 1.82) is 0 Å². The maximum absolute atomic E-state index is 11.3.